The lowest BCUT2D eigenvalue weighted by molar-refractivity contribution is -0.145. The quantitative estimate of drug-likeness (QED) is 0.626. The predicted molar refractivity (Wildman–Crippen MR) is 81.2 cm³/mol. The zero-order chi connectivity index (χ0) is 15.4. The highest BCUT2D eigenvalue weighted by atomic mass is 16.5. The molecule has 0 atom stereocenters. The highest BCUT2D eigenvalue weighted by molar-refractivity contribution is 5.98. The van der Waals surface area contributed by atoms with Gasteiger partial charge >= 0.3 is 5.97 Å². The van der Waals surface area contributed by atoms with Gasteiger partial charge < -0.3 is 4.74 Å². The Bertz CT molecular complexity index is 692. The minimum absolute atomic E-state index is 0.151. The van der Waals surface area contributed by atoms with Crippen molar-refractivity contribution in [2.75, 3.05) is 6.61 Å². The highest BCUT2D eigenvalue weighted by Gasteiger charge is 2.14. The summed E-state index contributed by atoms with van der Waals surface area (Å²) in [7, 11) is 0. The van der Waals surface area contributed by atoms with Crippen LogP contribution in [0.5, 0.6) is 0 Å². The van der Waals surface area contributed by atoms with Crippen LogP contribution in [0.2, 0.25) is 0 Å². The van der Waals surface area contributed by atoms with E-state index in [9.17, 15) is 9.59 Å². The molecule has 0 spiro atoms. The first-order valence-corrected chi connectivity index (χ1v) is 7.03. The van der Waals surface area contributed by atoms with E-state index in [1.165, 1.54) is 5.56 Å². The normalized spacial score (nSPS) is 10.6. The number of Topliss-reactive ketones (excluding diaryl/α,β-unsaturated/α-hetero) is 1. The molecule has 0 N–H and O–H groups in total. The maximum absolute atomic E-state index is 12.0. The number of aryl methyl sites for hydroxylation is 2. The van der Waals surface area contributed by atoms with Crippen molar-refractivity contribution in [3.8, 4) is 0 Å². The minimum atomic E-state index is -0.477. The number of esters is 1. The molecule has 1 aromatic carbocycles. The van der Waals surface area contributed by atoms with Crippen molar-refractivity contribution in [2.24, 2.45) is 0 Å². The number of aromatic nitrogens is 1. The lowest BCUT2D eigenvalue weighted by atomic mass is 10.00. The molecule has 0 aliphatic heterocycles. The molecule has 1 heterocycles. The molecule has 0 fully saturated rings. The van der Waals surface area contributed by atoms with Gasteiger partial charge in [-0.3, -0.25) is 14.6 Å². The molecule has 110 valence electrons. The number of hydrogen-bond acceptors (Lipinski definition) is 4. The Labute approximate surface area is 124 Å². The molecule has 0 aliphatic rings. The third-order valence-corrected chi connectivity index (χ3v) is 3.47. The number of fused-ring (bicyclic) bond motifs is 1. The summed E-state index contributed by atoms with van der Waals surface area (Å²) in [5, 5.41) is 2.03. The topological polar surface area (TPSA) is 56.3 Å². The maximum Gasteiger partial charge on any atom is 0.313 e. The molecule has 2 aromatic rings. The standard InChI is InChI=1S/C17H19NO3/c1-4-21-17(20)10-14(19)9-16-15-8-12(3)11(2)7-13(15)5-6-18-16/h5-8H,4,9-10H2,1-3H3. The molecule has 0 amide bonds. The number of pyridine rings is 1. The summed E-state index contributed by atoms with van der Waals surface area (Å²) < 4.78 is 4.79. The lowest BCUT2D eigenvalue weighted by Crippen LogP contribution is -2.13. The molecule has 0 bridgehead atoms. The molecular formula is C17H19NO3. The molecule has 4 heteroatoms. The molecule has 0 aliphatic carbocycles. The predicted octanol–water partition coefficient (Wildman–Crippen LogP) is 2.92. The second-order valence-corrected chi connectivity index (χ2v) is 5.11. The Balaban J connectivity index is 2.24. The van der Waals surface area contributed by atoms with Crippen LogP contribution < -0.4 is 0 Å². The van der Waals surface area contributed by atoms with E-state index in [0.717, 1.165) is 16.3 Å². The maximum atomic E-state index is 12.0. The molecule has 4 nitrogen and oxygen atoms in total. The molecular weight excluding hydrogens is 266 g/mol. The van der Waals surface area contributed by atoms with Gasteiger partial charge in [-0.25, -0.2) is 0 Å². The lowest BCUT2D eigenvalue weighted by Gasteiger charge is -2.08. The number of ether oxygens (including phenoxy) is 1. The first-order valence-electron chi connectivity index (χ1n) is 7.03. The number of nitrogens with zero attached hydrogens (tertiary/aromatic N) is 1. The van der Waals surface area contributed by atoms with E-state index in [-0.39, 0.29) is 25.2 Å². The molecule has 1 aromatic heterocycles. The molecule has 0 saturated heterocycles. The van der Waals surface area contributed by atoms with Crippen LogP contribution in [0.25, 0.3) is 10.8 Å². The molecule has 2 rings (SSSR count). The summed E-state index contributed by atoms with van der Waals surface area (Å²) in [5.41, 5.74) is 3.08. The van der Waals surface area contributed by atoms with Crippen LogP contribution >= 0.6 is 0 Å². The van der Waals surface area contributed by atoms with Crippen LogP contribution in [0, 0.1) is 13.8 Å². The SMILES string of the molecule is CCOC(=O)CC(=O)Cc1nccc2cc(C)c(C)cc12. The first-order chi connectivity index (χ1) is 10.0. The van der Waals surface area contributed by atoms with Crippen molar-refractivity contribution >= 4 is 22.5 Å². The van der Waals surface area contributed by atoms with Crippen molar-refractivity contribution in [3.63, 3.8) is 0 Å². The van der Waals surface area contributed by atoms with Crippen LogP contribution in [0.1, 0.15) is 30.2 Å². The smallest absolute Gasteiger partial charge is 0.313 e. The van der Waals surface area contributed by atoms with Crippen LogP contribution in [0.4, 0.5) is 0 Å². The fourth-order valence-electron chi connectivity index (χ4n) is 2.27. The van der Waals surface area contributed by atoms with Gasteiger partial charge in [0.15, 0.2) is 0 Å². The van der Waals surface area contributed by atoms with Crippen molar-refractivity contribution in [3.05, 3.63) is 41.2 Å². The summed E-state index contributed by atoms with van der Waals surface area (Å²) in [6, 6.07) is 6.07. The Morgan fingerprint density at radius 2 is 1.90 bits per heavy atom. The van der Waals surface area contributed by atoms with Gasteiger partial charge in [0.05, 0.1) is 12.3 Å². The Hall–Kier alpha value is -2.23. The van der Waals surface area contributed by atoms with Gasteiger partial charge in [0, 0.05) is 18.0 Å². The van der Waals surface area contributed by atoms with Gasteiger partial charge in [-0.1, -0.05) is 6.07 Å². The van der Waals surface area contributed by atoms with Gasteiger partial charge in [0.2, 0.25) is 0 Å². The van der Waals surface area contributed by atoms with E-state index in [4.69, 9.17) is 4.74 Å². The Kier molecular flexibility index (Phi) is 4.68. The fourth-order valence-corrected chi connectivity index (χ4v) is 2.27. The molecule has 0 unspecified atom stereocenters. The second-order valence-electron chi connectivity index (χ2n) is 5.11. The highest BCUT2D eigenvalue weighted by Crippen LogP contribution is 2.22. The number of carbonyl (C=O) groups excluding carboxylic acids is 2. The van der Waals surface area contributed by atoms with Gasteiger partial charge in [-0.15, -0.1) is 0 Å². The van der Waals surface area contributed by atoms with Gasteiger partial charge in [0.25, 0.3) is 0 Å². The van der Waals surface area contributed by atoms with Crippen molar-refractivity contribution in [1.29, 1.82) is 0 Å². The summed E-state index contributed by atoms with van der Waals surface area (Å²) in [6.07, 6.45) is 1.65. The van der Waals surface area contributed by atoms with E-state index in [2.05, 4.69) is 18.0 Å². The second kappa shape index (κ2) is 6.48. The monoisotopic (exact) mass is 285 g/mol. The van der Waals surface area contributed by atoms with Crippen molar-refractivity contribution < 1.29 is 14.3 Å². The van der Waals surface area contributed by atoms with Gasteiger partial charge in [0.1, 0.15) is 12.2 Å². The zero-order valence-corrected chi connectivity index (χ0v) is 12.6. The zero-order valence-electron chi connectivity index (χ0n) is 12.6. The number of ketones is 1. The van der Waals surface area contributed by atoms with Crippen LogP contribution in [-0.4, -0.2) is 23.3 Å². The van der Waals surface area contributed by atoms with E-state index in [0.29, 0.717) is 5.69 Å². The molecule has 21 heavy (non-hydrogen) atoms. The van der Waals surface area contributed by atoms with E-state index >= 15 is 0 Å². The van der Waals surface area contributed by atoms with Gasteiger partial charge in [-0.05, 0) is 49.4 Å². The van der Waals surface area contributed by atoms with E-state index in [1.54, 1.807) is 13.1 Å². The van der Waals surface area contributed by atoms with Crippen LogP contribution in [0.15, 0.2) is 24.4 Å². The van der Waals surface area contributed by atoms with Gasteiger partial charge in [-0.2, -0.15) is 0 Å². The van der Waals surface area contributed by atoms with Crippen molar-refractivity contribution in [1.82, 2.24) is 4.98 Å². The number of benzene rings is 1. The summed E-state index contributed by atoms with van der Waals surface area (Å²) in [6.45, 7) is 6.10. The molecule has 0 saturated carbocycles. The number of rotatable bonds is 5. The van der Waals surface area contributed by atoms with Crippen LogP contribution in [0.3, 0.4) is 0 Å². The Morgan fingerprint density at radius 3 is 2.62 bits per heavy atom. The third-order valence-electron chi connectivity index (χ3n) is 3.47. The third kappa shape index (κ3) is 3.66. The van der Waals surface area contributed by atoms with Crippen molar-refractivity contribution in [2.45, 2.75) is 33.6 Å². The van der Waals surface area contributed by atoms with E-state index in [1.807, 2.05) is 19.1 Å². The fraction of sp³-hybridized carbons (Fsp3) is 0.353. The number of carbonyl (C=O) groups is 2. The summed E-state index contributed by atoms with van der Waals surface area (Å²) in [4.78, 5) is 27.6. The average Bonchev–Trinajstić information content (AvgIpc) is 2.41. The largest absolute Gasteiger partial charge is 0.466 e. The Morgan fingerprint density at radius 1 is 1.19 bits per heavy atom. The first kappa shape index (κ1) is 15.2. The summed E-state index contributed by atoms with van der Waals surface area (Å²) in [5.74, 6) is -0.651. The minimum Gasteiger partial charge on any atom is -0.466 e. The average molecular weight is 285 g/mol. The van der Waals surface area contributed by atoms with E-state index < -0.39 is 5.97 Å². The summed E-state index contributed by atoms with van der Waals surface area (Å²) >= 11 is 0. The number of hydrogen-bond donors (Lipinski definition) is 0. The van der Waals surface area contributed by atoms with Crippen LogP contribution in [-0.2, 0) is 20.7 Å². The molecule has 0 radical (unpaired) electrons.